The summed E-state index contributed by atoms with van der Waals surface area (Å²) in [6, 6.07) is 36.2. The molecule has 0 unspecified atom stereocenters. The summed E-state index contributed by atoms with van der Waals surface area (Å²) in [5.41, 5.74) is 4.05. The molecule has 468 valence electrons. The highest BCUT2D eigenvalue weighted by molar-refractivity contribution is 7.90. The molecule has 2 aromatic heterocycles. The molecule has 0 saturated heterocycles. The van der Waals surface area contributed by atoms with Gasteiger partial charge in [-0.25, -0.2) is 42.3 Å². The maximum absolute atomic E-state index is 14.7. The second-order valence-corrected chi connectivity index (χ2v) is 27.7. The van der Waals surface area contributed by atoms with Gasteiger partial charge in [-0.1, -0.05) is 72.5 Å². The highest BCUT2D eigenvalue weighted by Crippen LogP contribution is 2.34. The molecule has 0 atom stereocenters. The number of pyridine rings is 2. The molecule has 0 aliphatic carbocycles. The summed E-state index contributed by atoms with van der Waals surface area (Å²) in [6.07, 6.45) is 1.86. The van der Waals surface area contributed by atoms with Crippen LogP contribution in [0.1, 0.15) is 96.1 Å². The van der Waals surface area contributed by atoms with E-state index in [9.17, 15) is 62.0 Å². The minimum atomic E-state index is -4.48. The third-order valence-corrected chi connectivity index (χ3v) is 19.8. The lowest BCUT2D eigenvalue weighted by Gasteiger charge is -2.24. The maximum Gasteiger partial charge on any atom is 0.303 e. The minimum Gasteiger partial charge on any atom is -0.748 e. The highest BCUT2D eigenvalue weighted by atomic mass is 32.2. The van der Waals surface area contributed by atoms with Gasteiger partial charge in [-0.05, 0) is 100 Å². The molecule has 2 heterocycles. The van der Waals surface area contributed by atoms with Crippen molar-refractivity contribution >= 4 is 108 Å². The molecule has 2 N–H and O–H groups in total. The van der Waals surface area contributed by atoms with Gasteiger partial charge in [0.25, 0.3) is 31.9 Å². The van der Waals surface area contributed by atoms with Crippen molar-refractivity contribution in [3.05, 3.63) is 156 Å². The Kier molecular flexibility index (Phi) is 22.4. The van der Waals surface area contributed by atoms with E-state index >= 15 is 0 Å². The number of nitrogens with zero attached hydrogens (tertiary/aromatic N) is 4. The standard InChI is InChI=1S/C32H36N2O10S2.C30H32N2O8S2/c1-22-9-13-25(14-10-22)46(41,42)34(18-6-4-5-8-30(35)36)32(37)31-26-20-23(43-2)11-15-28(26)33(17-7-19-45(38,39)40)29-16-12-24(44-3)21-27(29)31;1-22-15-17-23(18-16-22)42(39,40)32(20-8-2-3-14-28(33)34)30(35)29-24-10-4-6-12-26(24)31(19-9-21-41(36,37)38)27-13-7-5-11-25(27)29/h9-16,20-21H,4-8,17-19H2,1-3H3,(H-,35,36,38,39,40);4-7,10-13,15-18H,2-3,8-9,14,19-21H2,1H3,(H-,33,34,36,37,38). The number of benzene rings is 6. The van der Waals surface area contributed by atoms with Crippen LogP contribution in [0.4, 0.5) is 0 Å². The van der Waals surface area contributed by atoms with Crippen LogP contribution in [0, 0.1) is 13.8 Å². The van der Waals surface area contributed by atoms with E-state index < -0.39 is 75.5 Å². The first-order chi connectivity index (χ1) is 41.7. The minimum absolute atomic E-state index is 0.00365. The first-order valence-electron chi connectivity index (χ1n) is 28.1. The van der Waals surface area contributed by atoms with Gasteiger partial charge in [0, 0.05) is 74.5 Å². The smallest absolute Gasteiger partial charge is 0.303 e. The lowest BCUT2D eigenvalue weighted by Crippen LogP contribution is -2.40. The number of sulfonamides is 2. The number of aryl methyl sites for hydroxylation is 4. The quantitative estimate of drug-likeness (QED) is 0.0203. The van der Waals surface area contributed by atoms with E-state index in [2.05, 4.69) is 0 Å². The first kappa shape index (κ1) is 67.4. The molecule has 0 spiro atoms. The van der Waals surface area contributed by atoms with Crippen molar-refractivity contribution in [3.63, 3.8) is 0 Å². The Bertz CT molecular complexity index is 4250. The SMILES string of the molecule is COc1ccc2c(c1)c(C(=O)N(CCCCCC(=O)O)S(=O)(=O)c1ccc(C)cc1)c1cc(OC)ccc1[n+]2CCCS(=O)(=O)[O-].Cc1ccc(S(=O)(=O)N(CCCCCC(=O)O)C(=O)c2c3ccccc3[n+](CCCS(=O)(=O)[O-])c3ccccc23)cc1. The van der Waals surface area contributed by atoms with Crippen LogP contribution < -0.4 is 18.6 Å². The molecular formula is C62H68N4O18S4. The van der Waals surface area contributed by atoms with Crippen molar-refractivity contribution in [2.45, 2.75) is 101 Å². The normalized spacial score (nSPS) is 12.0. The van der Waals surface area contributed by atoms with E-state index in [1.807, 2.05) is 18.4 Å². The van der Waals surface area contributed by atoms with Gasteiger partial charge in [0.15, 0.2) is 13.1 Å². The maximum atomic E-state index is 14.7. The van der Waals surface area contributed by atoms with Crippen LogP contribution >= 0.6 is 0 Å². The number of carbonyl (C=O) groups is 4. The van der Waals surface area contributed by atoms with Crippen molar-refractivity contribution in [1.29, 1.82) is 0 Å². The fraction of sp³-hybridized carbons (Fsp3) is 0.323. The summed E-state index contributed by atoms with van der Waals surface area (Å²) in [4.78, 5) is 51.0. The van der Waals surface area contributed by atoms with E-state index in [0.29, 0.717) is 80.8 Å². The third kappa shape index (κ3) is 16.7. The molecule has 22 nitrogen and oxygen atoms in total. The van der Waals surface area contributed by atoms with E-state index in [0.717, 1.165) is 19.7 Å². The Balaban J connectivity index is 0.000000252. The van der Waals surface area contributed by atoms with Crippen LogP contribution in [0.25, 0.3) is 43.6 Å². The number of fused-ring (bicyclic) bond motifs is 4. The number of methoxy groups -OCH3 is 2. The number of carbonyl (C=O) groups excluding carboxylic acids is 2. The number of carboxylic acid groups (broad SMARTS) is 2. The molecular weight excluding hydrogens is 1220 g/mol. The average molecular weight is 1290 g/mol. The summed E-state index contributed by atoms with van der Waals surface area (Å²) in [6.45, 7) is 3.58. The zero-order chi connectivity index (χ0) is 64.1. The van der Waals surface area contributed by atoms with E-state index in [-0.39, 0.29) is 85.6 Å². The Morgan fingerprint density at radius 1 is 0.443 bits per heavy atom. The predicted octanol–water partition coefficient (Wildman–Crippen LogP) is 8.02. The molecule has 2 amide bonds. The van der Waals surface area contributed by atoms with Gasteiger partial charge in [0.2, 0.25) is 22.1 Å². The molecule has 6 aromatic carbocycles. The van der Waals surface area contributed by atoms with Crippen LogP contribution in [-0.4, -0.2) is 124 Å². The van der Waals surface area contributed by atoms with Crippen molar-refractivity contribution in [3.8, 4) is 11.5 Å². The summed E-state index contributed by atoms with van der Waals surface area (Å²) in [5, 5.41) is 19.6. The van der Waals surface area contributed by atoms with Crippen LogP contribution in [0.5, 0.6) is 11.5 Å². The molecule has 0 radical (unpaired) electrons. The number of rotatable bonds is 28. The number of carboxylic acids is 2. The highest BCUT2D eigenvalue weighted by Gasteiger charge is 2.36. The van der Waals surface area contributed by atoms with Crippen LogP contribution in [0.15, 0.2) is 143 Å². The van der Waals surface area contributed by atoms with Gasteiger partial charge >= 0.3 is 11.9 Å². The van der Waals surface area contributed by atoms with E-state index in [4.69, 9.17) is 19.7 Å². The van der Waals surface area contributed by atoms with Gasteiger partial charge in [0.1, 0.15) is 11.5 Å². The second-order valence-electron chi connectivity index (χ2n) is 20.9. The largest absolute Gasteiger partial charge is 0.748 e. The Morgan fingerprint density at radius 3 is 1.12 bits per heavy atom. The molecule has 0 aliphatic rings. The number of para-hydroxylation sites is 2. The second kappa shape index (κ2) is 29.2. The topological polar surface area (TPSA) is 324 Å². The summed E-state index contributed by atoms with van der Waals surface area (Å²) < 4.78 is 140. The number of hydrogen-bond acceptors (Lipinski definition) is 16. The molecule has 8 rings (SSSR count). The molecule has 88 heavy (non-hydrogen) atoms. The Labute approximate surface area is 511 Å². The number of aliphatic carboxylic acids is 2. The van der Waals surface area contributed by atoms with Gasteiger partial charge in [-0.15, -0.1) is 0 Å². The number of ether oxygens (including phenoxy) is 2. The zero-order valence-electron chi connectivity index (χ0n) is 48.9. The molecule has 0 fully saturated rings. The molecule has 0 aliphatic heterocycles. The molecule has 0 saturated carbocycles. The zero-order valence-corrected chi connectivity index (χ0v) is 52.1. The van der Waals surface area contributed by atoms with Gasteiger partial charge < -0.3 is 28.8 Å². The lowest BCUT2D eigenvalue weighted by atomic mass is 10.00. The third-order valence-electron chi connectivity index (χ3n) is 14.6. The van der Waals surface area contributed by atoms with Gasteiger partial charge in [0.05, 0.1) is 76.9 Å². The van der Waals surface area contributed by atoms with Crippen LogP contribution in [-0.2, 0) is 63.0 Å². The van der Waals surface area contributed by atoms with Crippen molar-refractivity contribution in [2.75, 3.05) is 38.8 Å². The van der Waals surface area contributed by atoms with Crippen molar-refractivity contribution in [1.82, 2.24) is 8.61 Å². The Morgan fingerprint density at radius 2 is 0.784 bits per heavy atom. The molecule has 26 heteroatoms. The summed E-state index contributed by atoms with van der Waals surface area (Å²) in [7, 11) is -14.7. The number of hydrogen-bond donors (Lipinski definition) is 2. The summed E-state index contributed by atoms with van der Waals surface area (Å²) in [5.74, 6) is -3.82. The Hall–Kier alpha value is -8.14. The predicted molar refractivity (Wildman–Crippen MR) is 326 cm³/mol. The van der Waals surface area contributed by atoms with E-state index in [1.165, 1.54) is 38.5 Å². The average Bonchev–Trinajstić information content (AvgIpc) is 1.07. The molecule has 8 aromatic rings. The van der Waals surface area contributed by atoms with Gasteiger partial charge in [-0.2, -0.15) is 9.13 Å². The first-order valence-corrected chi connectivity index (χ1v) is 34.1. The summed E-state index contributed by atoms with van der Waals surface area (Å²) >= 11 is 0. The number of unbranched alkanes of at least 4 members (excludes halogenated alkanes) is 4. The van der Waals surface area contributed by atoms with Crippen LogP contribution in [0.2, 0.25) is 0 Å². The fourth-order valence-electron chi connectivity index (χ4n) is 10.3. The number of aromatic nitrogens is 2. The fourth-order valence-corrected chi connectivity index (χ4v) is 14.1. The van der Waals surface area contributed by atoms with Crippen molar-refractivity contribution in [2.24, 2.45) is 0 Å². The van der Waals surface area contributed by atoms with E-state index in [1.54, 1.807) is 114 Å². The number of amides is 2. The van der Waals surface area contributed by atoms with Gasteiger partial charge in [-0.3, -0.25) is 19.2 Å². The monoisotopic (exact) mass is 1280 g/mol. The van der Waals surface area contributed by atoms with Crippen molar-refractivity contribution < 1.29 is 90.8 Å². The van der Waals surface area contributed by atoms with Crippen LogP contribution in [0.3, 0.4) is 0 Å². The lowest BCUT2D eigenvalue weighted by molar-refractivity contribution is -0.645. The molecule has 0 bridgehead atoms.